The van der Waals surface area contributed by atoms with Crippen molar-refractivity contribution in [3.05, 3.63) is 27.7 Å². The van der Waals surface area contributed by atoms with Gasteiger partial charge in [0, 0.05) is 19.1 Å². The monoisotopic (exact) mass is 394 g/mol. The maximum Gasteiger partial charge on any atom is 0.253 e. The summed E-state index contributed by atoms with van der Waals surface area (Å²) in [5.41, 5.74) is 0.0909. The number of hydrogen-bond acceptors (Lipinski definition) is 4. The summed E-state index contributed by atoms with van der Waals surface area (Å²) in [6.45, 7) is 4.93. The molecule has 134 valence electrons. The van der Waals surface area contributed by atoms with E-state index in [1.165, 1.54) is 16.4 Å². The quantitative estimate of drug-likeness (QED) is 0.832. The molecule has 1 amide bonds. The largest absolute Gasteiger partial charge is 0.379 e. The lowest BCUT2D eigenvalue weighted by Gasteiger charge is -2.26. The van der Waals surface area contributed by atoms with Gasteiger partial charge in [-0.05, 0) is 25.5 Å². The molecule has 0 bridgehead atoms. The summed E-state index contributed by atoms with van der Waals surface area (Å²) in [5.74, 6) is -0.426. The Morgan fingerprint density at radius 2 is 1.92 bits per heavy atom. The SMILES string of the molecule is CC[C@@H](C)NC(=O)c1cc(S(=O)(=O)N2CCOCC2)c(Cl)cc1Cl. The first kappa shape index (κ1) is 19.5. The van der Waals surface area contributed by atoms with Crippen molar-refractivity contribution in [2.24, 2.45) is 0 Å². The maximum absolute atomic E-state index is 12.8. The second-order valence-corrected chi connectivity index (χ2v) is 8.28. The smallest absolute Gasteiger partial charge is 0.253 e. The highest BCUT2D eigenvalue weighted by molar-refractivity contribution is 7.89. The third-order valence-corrected chi connectivity index (χ3v) is 6.52. The molecule has 9 heteroatoms. The molecule has 0 aliphatic carbocycles. The van der Waals surface area contributed by atoms with Gasteiger partial charge in [0.05, 0.1) is 28.8 Å². The van der Waals surface area contributed by atoms with Gasteiger partial charge in [-0.25, -0.2) is 8.42 Å². The van der Waals surface area contributed by atoms with Crippen LogP contribution >= 0.6 is 23.2 Å². The van der Waals surface area contributed by atoms with Crippen LogP contribution in [0.4, 0.5) is 0 Å². The van der Waals surface area contributed by atoms with Crippen molar-refractivity contribution in [1.29, 1.82) is 0 Å². The number of hydrogen-bond donors (Lipinski definition) is 1. The lowest BCUT2D eigenvalue weighted by molar-refractivity contribution is 0.0730. The molecule has 24 heavy (non-hydrogen) atoms. The molecule has 1 saturated heterocycles. The molecule has 1 N–H and O–H groups in total. The van der Waals surface area contributed by atoms with Gasteiger partial charge in [0.25, 0.3) is 5.91 Å². The predicted octanol–water partition coefficient (Wildman–Crippen LogP) is 2.54. The normalized spacial score (nSPS) is 17.5. The lowest BCUT2D eigenvalue weighted by Crippen LogP contribution is -2.40. The molecular formula is C15H20Cl2N2O4S. The molecule has 6 nitrogen and oxygen atoms in total. The third kappa shape index (κ3) is 4.21. The van der Waals surface area contributed by atoms with Gasteiger partial charge in [-0.15, -0.1) is 0 Å². The first-order chi connectivity index (χ1) is 11.3. The number of rotatable bonds is 5. The fraction of sp³-hybridized carbons (Fsp3) is 0.533. The van der Waals surface area contributed by atoms with Crippen LogP contribution in [0.25, 0.3) is 0 Å². The van der Waals surface area contributed by atoms with E-state index in [1.54, 1.807) is 0 Å². The van der Waals surface area contributed by atoms with Gasteiger partial charge < -0.3 is 10.1 Å². The Balaban J connectivity index is 2.40. The summed E-state index contributed by atoms with van der Waals surface area (Å²) in [7, 11) is -3.82. The number of carbonyl (C=O) groups excluding carboxylic acids is 1. The molecule has 1 fully saturated rings. The summed E-state index contributed by atoms with van der Waals surface area (Å²) in [6, 6.07) is 2.48. The summed E-state index contributed by atoms with van der Waals surface area (Å²) in [6.07, 6.45) is 0.746. The van der Waals surface area contributed by atoms with Gasteiger partial charge in [0.1, 0.15) is 4.90 Å². The molecule has 1 heterocycles. The number of halogens is 2. The number of benzene rings is 1. The van der Waals surface area contributed by atoms with E-state index in [0.717, 1.165) is 6.42 Å². The number of sulfonamides is 1. The van der Waals surface area contributed by atoms with Gasteiger partial charge in [-0.1, -0.05) is 30.1 Å². The maximum atomic E-state index is 12.8. The number of ether oxygens (including phenoxy) is 1. The molecule has 1 aliphatic heterocycles. The van der Waals surface area contributed by atoms with Crippen LogP contribution < -0.4 is 5.32 Å². The minimum Gasteiger partial charge on any atom is -0.379 e. The summed E-state index contributed by atoms with van der Waals surface area (Å²) in [4.78, 5) is 12.2. The summed E-state index contributed by atoms with van der Waals surface area (Å²) >= 11 is 12.2. The third-order valence-electron chi connectivity index (χ3n) is 3.84. The van der Waals surface area contributed by atoms with E-state index in [0.29, 0.717) is 13.2 Å². The second kappa shape index (κ2) is 8.01. The Hall–Kier alpha value is -0.860. The minimum atomic E-state index is -3.82. The molecule has 1 atom stereocenters. The molecule has 0 radical (unpaired) electrons. The number of nitrogens with zero attached hydrogens (tertiary/aromatic N) is 1. The molecule has 1 aliphatic rings. The standard InChI is InChI=1S/C15H20Cl2N2O4S/c1-3-10(2)18-15(20)11-8-14(13(17)9-12(11)16)24(21,22)19-4-6-23-7-5-19/h8-10H,3-7H2,1-2H3,(H,18,20)/t10-/m1/s1. The summed E-state index contributed by atoms with van der Waals surface area (Å²) < 4.78 is 32.0. The van der Waals surface area contributed by atoms with Crippen molar-refractivity contribution >= 4 is 39.1 Å². The Morgan fingerprint density at radius 3 is 2.50 bits per heavy atom. The molecular weight excluding hydrogens is 375 g/mol. The van der Waals surface area contributed by atoms with Gasteiger partial charge in [0.2, 0.25) is 10.0 Å². The Labute approximate surface area is 152 Å². The fourth-order valence-corrected chi connectivity index (χ4v) is 4.47. The van der Waals surface area contributed by atoms with Crippen molar-refractivity contribution in [2.45, 2.75) is 31.2 Å². The van der Waals surface area contributed by atoms with Crippen LogP contribution in [0, 0.1) is 0 Å². The highest BCUT2D eigenvalue weighted by Gasteiger charge is 2.30. The van der Waals surface area contributed by atoms with Gasteiger partial charge >= 0.3 is 0 Å². The molecule has 0 spiro atoms. The average Bonchev–Trinajstić information content (AvgIpc) is 2.55. The highest BCUT2D eigenvalue weighted by atomic mass is 35.5. The number of carbonyl (C=O) groups is 1. The molecule has 0 aromatic heterocycles. The van der Waals surface area contributed by atoms with Crippen molar-refractivity contribution in [1.82, 2.24) is 9.62 Å². The van der Waals surface area contributed by atoms with Crippen LogP contribution in [0.1, 0.15) is 30.6 Å². The average molecular weight is 395 g/mol. The van der Waals surface area contributed by atoms with E-state index >= 15 is 0 Å². The van der Waals surface area contributed by atoms with E-state index < -0.39 is 15.9 Å². The van der Waals surface area contributed by atoms with E-state index in [1.807, 2.05) is 13.8 Å². The second-order valence-electron chi connectivity index (χ2n) is 5.56. The van der Waals surface area contributed by atoms with Crippen LogP contribution in [0.15, 0.2) is 17.0 Å². The van der Waals surface area contributed by atoms with Crippen LogP contribution in [-0.2, 0) is 14.8 Å². The molecule has 1 aromatic carbocycles. The van der Waals surface area contributed by atoms with Crippen molar-refractivity contribution in [2.75, 3.05) is 26.3 Å². The number of amides is 1. The van der Waals surface area contributed by atoms with Crippen LogP contribution in [-0.4, -0.2) is 51.0 Å². The Morgan fingerprint density at radius 1 is 1.29 bits per heavy atom. The van der Waals surface area contributed by atoms with Crippen LogP contribution in [0.2, 0.25) is 10.0 Å². The van der Waals surface area contributed by atoms with Gasteiger partial charge in [0.15, 0.2) is 0 Å². The molecule has 1 aromatic rings. The first-order valence-corrected chi connectivity index (χ1v) is 9.84. The zero-order chi connectivity index (χ0) is 17.9. The van der Waals surface area contributed by atoms with E-state index in [9.17, 15) is 13.2 Å². The van der Waals surface area contributed by atoms with Gasteiger partial charge in [-0.3, -0.25) is 4.79 Å². The van der Waals surface area contributed by atoms with Crippen molar-refractivity contribution < 1.29 is 17.9 Å². The van der Waals surface area contributed by atoms with Crippen LogP contribution in [0.5, 0.6) is 0 Å². The van der Waals surface area contributed by atoms with Crippen molar-refractivity contribution in [3.8, 4) is 0 Å². The molecule has 2 rings (SSSR count). The summed E-state index contributed by atoms with van der Waals surface area (Å²) in [5, 5.41) is 2.87. The Bertz CT molecular complexity index is 718. The predicted molar refractivity (Wildman–Crippen MR) is 93.3 cm³/mol. The first-order valence-electron chi connectivity index (χ1n) is 7.65. The zero-order valence-corrected chi connectivity index (χ0v) is 15.8. The minimum absolute atomic E-state index is 0.00779. The van der Waals surface area contributed by atoms with E-state index in [4.69, 9.17) is 27.9 Å². The van der Waals surface area contributed by atoms with Gasteiger partial charge in [-0.2, -0.15) is 4.31 Å². The highest BCUT2D eigenvalue weighted by Crippen LogP contribution is 2.31. The number of nitrogens with one attached hydrogen (secondary N) is 1. The van der Waals surface area contributed by atoms with E-state index in [-0.39, 0.29) is 39.6 Å². The zero-order valence-electron chi connectivity index (χ0n) is 13.5. The topological polar surface area (TPSA) is 75.7 Å². The van der Waals surface area contributed by atoms with Crippen LogP contribution in [0.3, 0.4) is 0 Å². The molecule has 0 unspecified atom stereocenters. The fourth-order valence-electron chi connectivity index (χ4n) is 2.23. The molecule has 0 saturated carbocycles. The Kier molecular flexibility index (Phi) is 6.50. The number of morpholine rings is 1. The lowest BCUT2D eigenvalue weighted by atomic mass is 10.2. The van der Waals surface area contributed by atoms with Crippen molar-refractivity contribution in [3.63, 3.8) is 0 Å². The van der Waals surface area contributed by atoms with E-state index in [2.05, 4.69) is 5.32 Å².